The van der Waals surface area contributed by atoms with Crippen LogP contribution in [0.2, 0.25) is 0 Å². The standard InChI is InChI=1S/C17H20N2O2/c1-13(8-9-14-6-4-3-5-7-14)19-15-10-11-18-16(12-15)17(20)21-2/h3-7,10-13H,8-9H2,1-2H3,(H,18,19). The number of nitrogens with one attached hydrogen (secondary N) is 1. The number of aromatic nitrogens is 1. The molecule has 4 heteroatoms. The Hall–Kier alpha value is -2.36. The number of ether oxygens (including phenoxy) is 1. The van der Waals surface area contributed by atoms with Crippen molar-refractivity contribution in [3.05, 3.63) is 59.9 Å². The lowest BCUT2D eigenvalue weighted by molar-refractivity contribution is 0.0594. The van der Waals surface area contributed by atoms with Gasteiger partial charge in [-0.2, -0.15) is 0 Å². The number of pyridine rings is 1. The predicted octanol–water partition coefficient (Wildman–Crippen LogP) is 3.30. The normalized spacial score (nSPS) is 11.7. The molecule has 0 aliphatic rings. The zero-order valence-electron chi connectivity index (χ0n) is 12.4. The summed E-state index contributed by atoms with van der Waals surface area (Å²) in [5, 5.41) is 3.38. The van der Waals surface area contributed by atoms with Crippen LogP contribution in [0.4, 0.5) is 5.69 Å². The Kier molecular flexibility index (Phi) is 5.32. The van der Waals surface area contributed by atoms with Gasteiger partial charge in [0.25, 0.3) is 0 Å². The molecule has 0 spiro atoms. The van der Waals surface area contributed by atoms with E-state index in [1.54, 1.807) is 12.3 Å². The summed E-state index contributed by atoms with van der Waals surface area (Å²) in [7, 11) is 1.35. The number of carbonyl (C=O) groups is 1. The molecule has 4 nitrogen and oxygen atoms in total. The van der Waals surface area contributed by atoms with E-state index in [-0.39, 0.29) is 0 Å². The molecule has 2 aromatic rings. The van der Waals surface area contributed by atoms with Crippen molar-refractivity contribution in [3.8, 4) is 0 Å². The van der Waals surface area contributed by atoms with Crippen molar-refractivity contribution in [1.29, 1.82) is 0 Å². The van der Waals surface area contributed by atoms with E-state index in [0.29, 0.717) is 11.7 Å². The minimum atomic E-state index is -0.421. The van der Waals surface area contributed by atoms with Crippen LogP contribution in [0.3, 0.4) is 0 Å². The van der Waals surface area contributed by atoms with E-state index < -0.39 is 5.97 Å². The van der Waals surface area contributed by atoms with Gasteiger partial charge in [-0.15, -0.1) is 0 Å². The fraction of sp³-hybridized carbons (Fsp3) is 0.294. The van der Waals surface area contributed by atoms with E-state index in [1.807, 2.05) is 12.1 Å². The number of carbonyl (C=O) groups excluding carboxylic acids is 1. The Morgan fingerprint density at radius 3 is 2.76 bits per heavy atom. The zero-order valence-corrected chi connectivity index (χ0v) is 12.4. The van der Waals surface area contributed by atoms with Gasteiger partial charge >= 0.3 is 5.97 Å². The van der Waals surface area contributed by atoms with E-state index in [0.717, 1.165) is 18.5 Å². The predicted molar refractivity (Wildman–Crippen MR) is 83.4 cm³/mol. The van der Waals surface area contributed by atoms with Crippen molar-refractivity contribution >= 4 is 11.7 Å². The molecule has 110 valence electrons. The molecule has 0 radical (unpaired) electrons. The first-order chi connectivity index (χ1) is 10.2. The molecule has 0 saturated carbocycles. The number of methoxy groups -OCH3 is 1. The number of hydrogen-bond acceptors (Lipinski definition) is 4. The zero-order chi connectivity index (χ0) is 15.1. The van der Waals surface area contributed by atoms with Gasteiger partial charge in [-0.05, 0) is 37.5 Å². The van der Waals surface area contributed by atoms with Crippen LogP contribution in [0.5, 0.6) is 0 Å². The number of nitrogens with zero attached hydrogens (tertiary/aromatic N) is 1. The summed E-state index contributed by atoms with van der Waals surface area (Å²) in [6.07, 6.45) is 3.64. The lowest BCUT2D eigenvalue weighted by Gasteiger charge is -2.15. The Balaban J connectivity index is 1.90. The Morgan fingerprint density at radius 1 is 1.29 bits per heavy atom. The molecule has 1 heterocycles. The number of benzene rings is 1. The van der Waals surface area contributed by atoms with Crippen molar-refractivity contribution in [2.75, 3.05) is 12.4 Å². The van der Waals surface area contributed by atoms with E-state index in [2.05, 4.69) is 46.2 Å². The Bertz CT molecular complexity index is 584. The van der Waals surface area contributed by atoms with Gasteiger partial charge in [-0.1, -0.05) is 30.3 Å². The minimum absolute atomic E-state index is 0.304. The van der Waals surface area contributed by atoms with Crippen LogP contribution in [0.25, 0.3) is 0 Å². The third-order valence-corrected chi connectivity index (χ3v) is 3.28. The molecule has 0 amide bonds. The van der Waals surface area contributed by atoms with Gasteiger partial charge in [-0.3, -0.25) is 0 Å². The second kappa shape index (κ2) is 7.43. The lowest BCUT2D eigenvalue weighted by atomic mass is 10.1. The molecule has 0 bridgehead atoms. The van der Waals surface area contributed by atoms with Crippen LogP contribution in [-0.4, -0.2) is 24.1 Å². The lowest BCUT2D eigenvalue weighted by Crippen LogP contribution is -2.16. The Labute approximate surface area is 125 Å². The summed E-state index contributed by atoms with van der Waals surface area (Å²) in [6.45, 7) is 2.13. The summed E-state index contributed by atoms with van der Waals surface area (Å²) in [4.78, 5) is 15.4. The Morgan fingerprint density at radius 2 is 2.05 bits per heavy atom. The first-order valence-corrected chi connectivity index (χ1v) is 7.04. The second-order valence-corrected chi connectivity index (χ2v) is 4.99. The van der Waals surface area contributed by atoms with Crippen LogP contribution < -0.4 is 5.32 Å². The van der Waals surface area contributed by atoms with Crippen LogP contribution in [0, 0.1) is 0 Å². The minimum Gasteiger partial charge on any atom is -0.464 e. The molecular formula is C17H20N2O2. The van der Waals surface area contributed by atoms with Gasteiger partial charge < -0.3 is 10.1 Å². The highest BCUT2D eigenvalue weighted by Crippen LogP contribution is 2.13. The van der Waals surface area contributed by atoms with Gasteiger partial charge in [-0.25, -0.2) is 9.78 Å². The summed E-state index contributed by atoms with van der Waals surface area (Å²) < 4.78 is 4.67. The molecule has 1 aromatic heterocycles. The molecular weight excluding hydrogens is 264 g/mol. The van der Waals surface area contributed by atoms with Gasteiger partial charge in [0.1, 0.15) is 5.69 Å². The molecule has 0 aliphatic carbocycles. The molecule has 1 unspecified atom stereocenters. The van der Waals surface area contributed by atoms with Crippen LogP contribution >= 0.6 is 0 Å². The largest absolute Gasteiger partial charge is 0.464 e. The number of esters is 1. The third kappa shape index (κ3) is 4.60. The number of hydrogen-bond donors (Lipinski definition) is 1. The molecule has 2 rings (SSSR count). The van der Waals surface area contributed by atoms with Gasteiger partial charge in [0.05, 0.1) is 7.11 Å². The van der Waals surface area contributed by atoms with E-state index >= 15 is 0 Å². The molecule has 0 aliphatic heterocycles. The summed E-state index contributed by atoms with van der Waals surface area (Å²) in [5.74, 6) is -0.421. The van der Waals surface area contributed by atoms with Gasteiger partial charge in [0.15, 0.2) is 0 Å². The maximum Gasteiger partial charge on any atom is 0.356 e. The highest BCUT2D eigenvalue weighted by molar-refractivity contribution is 5.88. The monoisotopic (exact) mass is 284 g/mol. The fourth-order valence-corrected chi connectivity index (χ4v) is 2.12. The van der Waals surface area contributed by atoms with E-state index in [9.17, 15) is 4.79 Å². The van der Waals surface area contributed by atoms with E-state index in [1.165, 1.54) is 12.7 Å². The SMILES string of the molecule is COC(=O)c1cc(NC(C)CCc2ccccc2)ccn1. The molecule has 0 fully saturated rings. The van der Waals surface area contributed by atoms with Crippen molar-refractivity contribution in [2.24, 2.45) is 0 Å². The topological polar surface area (TPSA) is 51.2 Å². The maximum atomic E-state index is 11.4. The van der Waals surface area contributed by atoms with Crippen LogP contribution in [0.1, 0.15) is 29.4 Å². The first kappa shape index (κ1) is 15.0. The van der Waals surface area contributed by atoms with Gasteiger partial charge in [0.2, 0.25) is 0 Å². The highest BCUT2D eigenvalue weighted by atomic mass is 16.5. The number of rotatable bonds is 6. The average molecular weight is 284 g/mol. The fourth-order valence-electron chi connectivity index (χ4n) is 2.12. The van der Waals surface area contributed by atoms with Crippen molar-refractivity contribution in [1.82, 2.24) is 4.98 Å². The quantitative estimate of drug-likeness (QED) is 0.827. The smallest absolute Gasteiger partial charge is 0.356 e. The average Bonchev–Trinajstić information content (AvgIpc) is 2.53. The number of anilines is 1. The maximum absolute atomic E-state index is 11.4. The van der Waals surface area contributed by atoms with Crippen molar-refractivity contribution in [3.63, 3.8) is 0 Å². The van der Waals surface area contributed by atoms with Crippen molar-refractivity contribution < 1.29 is 9.53 Å². The van der Waals surface area contributed by atoms with Gasteiger partial charge in [0, 0.05) is 17.9 Å². The summed E-state index contributed by atoms with van der Waals surface area (Å²) in [5.41, 5.74) is 2.53. The van der Waals surface area contributed by atoms with E-state index in [4.69, 9.17) is 0 Å². The highest BCUT2D eigenvalue weighted by Gasteiger charge is 2.09. The first-order valence-electron chi connectivity index (χ1n) is 7.04. The van der Waals surface area contributed by atoms with Crippen LogP contribution in [0.15, 0.2) is 48.7 Å². The second-order valence-electron chi connectivity index (χ2n) is 4.99. The molecule has 1 aromatic carbocycles. The molecule has 0 saturated heterocycles. The molecule has 1 N–H and O–H groups in total. The molecule has 21 heavy (non-hydrogen) atoms. The number of aryl methyl sites for hydroxylation is 1. The van der Waals surface area contributed by atoms with Crippen LogP contribution in [-0.2, 0) is 11.2 Å². The van der Waals surface area contributed by atoms with Crippen molar-refractivity contribution in [2.45, 2.75) is 25.8 Å². The summed E-state index contributed by atoms with van der Waals surface area (Å²) >= 11 is 0. The third-order valence-electron chi connectivity index (χ3n) is 3.28. The summed E-state index contributed by atoms with van der Waals surface area (Å²) in [6, 6.07) is 14.3. The molecule has 1 atom stereocenters.